The smallest absolute Gasteiger partial charge is 0.0146 e. The molecule has 0 unspecified atom stereocenters. The van der Waals surface area contributed by atoms with Crippen LogP contribution in [0.25, 0.3) is 21.5 Å². The van der Waals surface area contributed by atoms with Crippen LogP contribution < -0.4 is 0 Å². The van der Waals surface area contributed by atoms with Gasteiger partial charge < -0.3 is 0 Å². The van der Waals surface area contributed by atoms with Crippen molar-refractivity contribution in [2.24, 2.45) is 0 Å². The molecule has 0 fully saturated rings. The Morgan fingerprint density at radius 3 is 2.12 bits per heavy atom. The molecule has 3 aromatic rings. The van der Waals surface area contributed by atoms with E-state index in [9.17, 15) is 0 Å². The molecular weight excluding hydrogens is 192 g/mol. The molecule has 16 heavy (non-hydrogen) atoms. The average molecular weight is 206 g/mol. The summed E-state index contributed by atoms with van der Waals surface area (Å²) in [7, 11) is 0. The van der Waals surface area contributed by atoms with Crippen LogP contribution in [0.2, 0.25) is 0 Å². The molecule has 0 nitrogen and oxygen atoms in total. The zero-order valence-corrected chi connectivity index (χ0v) is 9.62. The SMILES string of the molecule is Cc1ccc2cc3ccccc3cc2c1C. The van der Waals surface area contributed by atoms with Crippen molar-refractivity contribution >= 4 is 21.5 Å². The Bertz CT molecular complexity index is 678. The fourth-order valence-corrected chi connectivity index (χ4v) is 2.27. The van der Waals surface area contributed by atoms with E-state index < -0.39 is 0 Å². The van der Waals surface area contributed by atoms with Crippen LogP contribution in [0.5, 0.6) is 0 Å². The quantitative estimate of drug-likeness (QED) is 0.471. The number of hydrogen-bond acceptors (Lipinski definition) is 0. The highest BCUT2D eigenvalue weighted by Crippen LogP contribution is 2.26. The van der Waals surface area contributed by atoms with Crippen LogP contribution in [0.3, 0.4) is 0 Å². The summed E-state index contributed by atoms with van der Waals surface area (Å²) in [6, 6.07) is 17.5. The molecule has 0 heteroatoms. The Morgan fingerprint density at radius 2 is 1.38 bits per heavy atom. The van der Waals surface area contributed by atoms with Crippen molar-refractivity contribution < 1.29 is 0 Å². The fourth-order valence-electron chi connectivity index (χ4n) is 2.27. The standard InChI is InChI=1S/C16H14/c1-11-7-8-15-9-13-5-3-4-6-14(13)10-16(15)12(11)2/h3-10H,1-2H3. The molecule has 0 saturated carbocycles. The zero-order chi connectivity index (χ0) is 11.1. The first-order chi connectivity index (χ1) is 7.75. The molecule has 0 aliphatic heterocycles. The van der Waals surface area contributed by atoms with Crippen molar-refractivity contribution in [2.45, 2.75) is 13.8 Å². The molecule has 0 aliphatic carbocycles. The second kappa shape index (κ2) is 3.34. The molecule has 0 aliphatic rings. The molecule has 0 heterocycles. The van der Waals surface area contributed by atoms with Gasteiger partial charge in [0.25, 0.3) is 0 Å². The van der Waals surface area contributed by atoms with Gasteiger partial charge in [0, 0.05) is 0 Å². The molecule has 0 bridgehead atoms. The van der Waals surface area contributed by atoms with Gasteiger partial charge in [-0.15, -0.1) is 0 Å². The highest BCUT2D eigenvalue weighted by molar-refractivity contribution is 5.99. The summed E-state index contributed by atoms with van der Waals surface area (Å²) < 4.78 is 0. The van der Waals surface area contributed by atoms with E-state index in [0.29, 0.717) is 0 Å². The second-order valence-corrected chi connectivity index (χ2v) is 4.43. The topological polar surface area (TPSA) is 0 Å². The summed E-state index contributed by atoms with van der Waals surface area (Å²) in [5.74, 6) is 0. The molecule has 0 aromatic heterocycles. The van der Waals surface area contributed by atoms with Gasteiger partial charge in [0.2, 0.25) is 0 Å². The molecule has 3 rings (SSSR count). The lowest BCUT2D eigenvalue weighted by Gasteiger charge is -2.07. The summed E-state index contributed by atoms with van der Waals surface area (Å²) in [5, 5.41) is 5.35. The number of fused-ring (bicyclic) bond motifs is 2. The van der Waals surface area contributed by atoms with Crippen molar-refractivity contribution in [3.05, 3.63) is 59.7 Å². The second-order valence-electron chi connectivity index (χ2n) is 4.43. The van der Waals surface area contributed by atoms with Gasteiger partial charge >= 0.3 is 0 Å². The molecule has 78 valence electrons. The third-order valence-corrected chi connectivity index (χ3v) is 3.43. The van der Waals surface area contributed by atoms with Crippen LogP contribution in [0.1, 0.15) is 11.1 Å². The van der Waals surface area contributed by atoms with E-state index in [1.54, 1.807) is 0 Å². The summed E-state index contributed by atoms with van der Waals surface area (Å²) in [6.45, 7) is 4.37. The van der Waals surface area contributed by atoms with E-state index >= 15 is 0 Å². The van der Waals surface area contributed by atoms with Crippen LogP contribution in [0.15, 0.2) is 48.5 Å². The Balaban J connectivity index is 2.51. The highest BCUT2D eigenvalue weighted by atomic mass is 14.1. The van der Waals surface area contributed by atoms with Gasteiger partial charge in [-0.25, -0.2) is 0 Å². The van der Waals surface area contributed by atoms with Crippen LogP contribution in [0, 0.1) is 13.8 Å². The van der Waals surface area contributed by atoms with Crippen LogP contribution in [-0.2, 0) is 0 Å². The van der Waals surface area contributed by atoms with Crippen molar-refractivity contribution in [2.75, 3.05) is 0 Å². The number of rotatable bonds is 0. The van der Waals surface area contributed by atoms with Crippen LogP contribution in [0.4, 0.5) is 0 Å². The van der Waals surface area contributed by atoms with Gasteiger partial charge in [0.1, 0.15) is 0 Å². The van der Waals surface area contributed by atoms with Gasteiger partial charge in [0.05, 0.1) is 0 Å². The van der Waals surface area contributed by atoms with E-state index in [0.717, 1.165) is 0 Å². The van der Waals surface area contributed by atoms with Crippen molar-refractivity contribution in [3.63, 3.8) is 0 Å². The summed E-state index contributed by atoms with van der Waals surface area (Å²) >= 11 is 0. The summed E-state index contributed by atoms with van der Waals surface area (Å²) in [6.07, 6.45) is 0. The molecule has 0 N–H and O–H groups in total. The lowest BCUT2D eigenvalue weighted by Crippen LogP contribution is -1.84. The van der Waals surface area contributed by atoms with Gasteiger partial charge in [-0.2, -0.15) is 0 Å². The highest BCUT2D eigenvalue weighted by Gasteiger charge is 2.01. The van der Waals surface area contributed by atoms with Gasteiger partial charge in [0.15, 0.2) is 0 Å². The van der Waals surface area contributed by atoms with E-state index in [-0.39, 0.29) is 0 Å². The minimum atomic E-state index is 1.32. The van der Waals surface area contributed by atoms with Crippen molar-refractivity contribution in [1.29, 1.82) is 0 Å². The normalized spacial score (nSPS) is 11.1. The number of hydrogen-bond donors (Lipinski definition) is 0. The third-order valence-electron chi connectivity index (χ3n) is 3.43. The maximum absolute atomic E-state index is 2.30. The monoisotopic (exact) mass is 206 g/mol. The number of aryl methyl sites for hydroxylation is 2. The minimum Gasteiger partial charge on any atom is -0.0616 e. The van der Waals surface area contributed by atoms with Crippen molar-refractivity contribution in [3.8, 4) is 0 Å². The van der Waals surface area contributed by atoms with E-state index in [1.165, 1.54) is 32.7 Å². The molecule has 3 aromatic carbocycles. The molecule has 0 saturated heterocycles. The third kappa shape index (κ3) is 1.30. The fraction of sp³-hybridized carbons (Fsp3) is 0.125. The average Bonchev–Trinajstić information content (AvgIpc) is 2.32. The molecule has 0 atom stereocenters. The van der Waals surface area contributed by atoms with Gasteiger partial charge in [-0.05, 0) is 58.7 Å². The number of benzene rings is 3. The van der Waals surface area contributed by atoms with E-state index in [2.05, 4.69) is 62.4 Å². The Kier molecular flexibility index (Phi) is 1.97. The van der Waals surface area contributed by atoms with Crippen LogP contribution in [-0.4, -0.2) is 0 Å². The van der Waals surface area contributed by atoms with Crippen LogP contribution >= 0.6 is 0 Å². The molecular formula is C16H14. The largest absolute Gasteiger partial charge is 0.0616 e. The lowest BCUT2D eigenvalue weighted by atomic mass is 9.97. The first kappa shape index (κ1) is 9.41. The predicted octanol–water partition coefficient (Wildman–Crippen LogP) is 4.61. The maximum atomic E-state index is 2.30. The first-order valence-electron chi connectivity index (χ1n) is 5.64. The Labute approximate surface area is 95.5 Å². The van der Waals surface area contributed by atoms with E-state index in [1.807, 2.05) is 0 Å². The lowest BCUT2D eigenvalue weighted by molar-refractivity contribution is 1.38. The maximum Gasteiger partial charge on any atom is -0.0146 e. The predicted molar refractivity (Wildman–Crippen MR) is 70.9 cm³/mol. The Morgan fingerprint density at radius 1 is 0.688 bits per heavy atom. The molecule has 0 amide bonds. The summed E-state index contributed by atoms with van der Waals surface area (Å²) in [4.78, 5) is 0. The zero-order valence-electron chi connectivity index (χ0n) is 9.62. The first-order valence-corrected chi connectivity index (χ1v) is 5.64. The molecule has 0 radical (unpaired) electrons. The van der Waals surface area contributed by atoms with E-state index in [4.69, 9.17) is 0 Å². The summed E-state index contributed by atoms with van der Waals surface area (Å²) in [5.41, 5.74) is 2.76. The van der Waals surface area contributed by atoms with Gasteiger partial charge in [-0.3, -0.25) is 0 Å². The Hall–Kier alpha value is -1.82. The molecule has 0 spiro atoms. The van der Waals surface area contributed by atoms with Gasteiger partial charge in [-0.1, -0.05) is 36.4 Å². The van der Waals surface area contributed by atoms with Crippen molar-refractivity contribution in [1.82, 2.24) is 0 Å². The minimum absolute atomic E-state index is 1.32.